The van der Waals surface area contributed by atoms with E-state index in [0.717, 1.165) is 17.3 Å². The van der Waals surface area contributed by atoms with E-state index in [1.807, 2.05) is 0 Å². The predicted molar refractivity (Wildman–Crippen MR) is 110 cm³/mol. The number of rotatable bonds is 5. The van der Waals surface area contributed by atoms with Crippen LogP contribution in [0.2, 0.25) is 5.02 Å². The summed E-state index contributed by atoms with van der Waals surface area (Å²) in [5.74, 6) is -0.474. The molecule has 0 radical (unpaired) electrons. The van der Waals surface area contributed by atoms with Crippen molar-refractivity contribution in [3.8, 4) is 0 Å². The third-order valence-electron chi connectivity index (χ3n) is 4.90. The quantitative estimate of drug-likeness (QED) is 0.546. The van der Waals surface area contributed by atoms with Crippen molar-refractivity contribution in [1.29, 1.82) is 0 Å². The van der Waals surface area contributed by atoms with E-state index in [4.69, 9.17) is 20.9 Å². The van der Waals surface area contributed by atoms with Crippen LogP contribution in [0, 0.1) is 5.82 Å². The summed E-state index contributed by atoms with van der Waals surface area (Å²) in [5, 5.41) is 23.9. The number of benzene rings is 1. The fraction of sp³-hybridized carbons (Fsp3) is 0.350. The van der Waals surface area contributed by atoms with Crippen LogP contribution in [0.4, 0.5) is 20.8 Å². The minimum Gasteiger partial charge on any atom is -0.384 e. The molecule has 0 saturated heterocycles. The summed E-state index contributed by atoms with van der Waals surface area (Å²) in [7, 11) is 0. The summed E-state index contributed by atoms with van der Waals surface area (Å²) >= 11 is 5.82. The number of carbonyl (C=O) groups is 1. The van der Waals surface area contributed by atoms with Crippen LogP contribution in [0.5, 0.6) is 0 Å². The number of anilines is 2. The molecule has 0 atom stereocenters. The minimum absolute atomic E-state index is 0.0765. The highest BCUT2D eigenvalue weighted by Gasteiger charge is 2.28. The minimum atomic E-state index is -1.25. The van der Waals surface area contributed by atoms with Crippen LogP contribution in [-0.4, -0.2) is 33.1 Å². The third-order valence-corrected chi connectivity index (χ3v) is 5.19. The highest BCUT2D eigenvalue weighted by molar-refractivity contribution is 6.31. The zero-order valence-electron chi connectivity index (χ0n) is 16.9. The third kappa shape index (κ3) is 4.55. The van der Waals surface area contributed by atoms with Crippen LogP contribution in [0.15, 0.2) is 28.8 Å². The number of halogens is 2. The van der Waals surface area contributed by atoms with Crippen LogP contribution in [0.1, 0.15) is 36.5 Å². The summed E-state index contributed by atoms with van der Waals surface area (Å²) in [5.41, 5.74) is 1.82. The van der Waals surface area contributed by atoms with Crippen LogP contribution in [-0.2, 0) is 29.9 Å². The lowest BCUT2D eigenvalue weighted by Crippen LogP contribution is -2.35. The number of ether oxygens (including phenoxy) is 1. The first-order chi connectivity index (χ1) is 14.7. The summed E-state index contributed by atoms with van der Waals surface area (Å²) in [4.78, 5) is 14.4. The van der Waals surface area contributed by atoms with E-state index in [0.29, 0.717) is 31.0 Å². The number of aromatic amines is 1. The average Bonchev–Trinajstić information content (AvgIpc) is 3.36. The van der Waals surface area contributed by atoms with Crippen molar-refractivity contribution >= 4 is 29.2 Å². The molecule has 3 N–H and O–H groups in total. The largest absolute Gasteiger partial charge is 0.384 e. The van der Waals surface area contributed by atoms with E-state index in [2.05, 4.69) is 20.7 Å². The number of hydrogen-bond acceptors (Lipinski definition) is 6. The van der Waals surface area contributed by atoms with Gasteiger partial charge < -0.3 is 19.7 Å². The van der Waals surface area contributed by atoms with Gasteiger partial charge in [-0.2, -0.15) is 5.10 Å². The Morgan fingerprint density at radius 2 is 2.23 bits per heavy atom. The van der Waals surface area contributed by atoms with E-state index in [-0.39, 0.29) is 23.1 Å². The molecule has 0 spiro atoms. The van der Waals surface area contributed by atoms with Crippen molar-refractivity contribution in [2.75, 3.05) is 16.8 Å². The number of urea groups is 1. The van der Waals surface area contributed by atoms with Gasteiger partial charge in [0.15, 0.2) is 0 Å². The van der Waals surface area contributed by atoms with Crippen LogP contribution in [0.3, 0.4) is 0 Å². The highest BCUT2D eigenvalue weighted by Crippen LogP contribution is 2.28. The lowest BCUT2D eigenvalue weighted by atomic mass is 10.1. The molecular weight excluding hydrogens is 429 g/mol. The van der Waals surface area contributed by atoms with Crippen LogP contribution < -0.4 is 10.2 Å². The van der Waals surface area contributed by atoms with Gasteiger partial charge in [-0.1, -0.05) is 16.8 Å². The van der Waals surface area contributed by atoms with Gasteiger partial charge in [0.2, 0.25) is 5.88 Å². The van der Waals surface area contributed by atoms with Crippen LogP contribution in [0.25, 0.3) is 0 Å². The lowest BCUT2D eigenvalue weighted by Gasteiger charge is -2.20. The first-order valence-corrected chi connectivity index (χ1v) is 9.96. The molecule has 3 heterocycles. The van der Waals surface area contributed by atoms with Gasteiger partial charge in [0.25, 0.3) is 0 Å². The number of hydrogen-bond donors (Lipinski definition) is 3. The number of amides is 2. The molecule has 2 aromatic heterocycles. The molecule has 1 aliphatic heterocycles. The van der Waals surface area contributed by atoms with E-state index in [1.165, 1.54) is 23.1 Å². The van der Waals surface area contributed by atoms with E-state index < -0.39 is 17.4 Å². The Hall–Kier alpha value is -2.95. The van der Waals surface area contributed by atoms with Crippen LogP contribution >= 0.6 is 11.6 Å². The van der Waals surface area contributed by atoms with Gasteiger partial charge in [0.05, 0.1) is 36.2 Å². The van der Waals surface area contributed by atoms with E-state index in [1.54, 1.807) is 13.8 Å². The number of H-pyrrole nitrogens is 1. The zero-order valence-corrected chi connectivity index (χ0v) is 17.7. The number of nitrogens with one attached hydrogen (secondary N) is 2. The van der Waals surface area contributed by atoms with Gasteiger partial charge in [-0.15, -0.1) is 0 Å². The maximum atomic E-state index is 13.5. The maximum absolute atomic E-state index is 13.5. The topological polar surface area (TPSA) is 117 Å². The normalized spacial score (nSPS) is 13.7. The second kappa shape index (κ2) is 8.29. The molecule has 0 fully saturated rings. The van der Waals surface area contributed by atoms with E-state index >= 15 is 0 Å². The molecule has 11 heteroatoms. The Balaban J connectivity index is 1.65. The van der Waals surface area contributed by atoms with Crippen molar-refractivity contribution in [3.63, 3.8) is 0 Å². The highest BCUT2D eigenvalue weighted by atomic mass is 35.5. The first-order valence-electron chi connectivity index (χ1n) is 9.58. The van der Waals surface area contributed by atoms with E-state index in [9.17, 15) is 14.3 Å². The molecular formula is C20H21ClFN5O4. The van der Waals surface area contributed by atoms with Gasteiger partial charge in [0, 0.05) is 17.3 Å². The first kappa shape index (κ1) is 21.3. The molecule has 31 heavy (non-hydrogen) atoms. The molecule has 0 bridgehead atoms. The Morgan fingerprint density at radius 3 is 2.94 bits per heavy atom. The van der Waals surface area contributed by atoms with Crippen molar-refractivity contribution in [3.05, 3.63) is 57.8 Å². The molecule has 0 unspecified atom stereocenters. The Kier molecular flexibility index (Phi) is 5.69. The molecule has 3 aromatic rings. The molecule has 1 aliphatic rings. The predicted octanol–water partition coefficient (Wildman–Crippen LogP) is 3.73. The molecule has 0 aliphatic carbocycles. The summed E-state index contributed by atoms with van der Waals surface area (Å²) < 4.78 is 24.2. The Labute approximate surface area is 182 Å². The number of fused-ring (bicyclic) bond motifs is 1. The number of carbonyl (C=O) groups excluding carboxylic acids is 1. The molecule has 1 aromatic carbocycles. The van der Waals surface area contributed by atoms with Gasteiger partial charge in [-0.25, -0.2) is 9.18 Å². The van der Waals surface area contributed by atoms with Gasteiger partial charge >= 0.3 is 6.03 Å². The van der Waals surface area contributed by atoms with Gasteiger partial charge in [-0.3, -0.25) is 10.00 Å². The fourth-order valence-corrected chi connectivity index (χ4v) is 3.36. The maximum Gasteiger partial charge on any atom is 0.329 e. The lowest BCUT2D eigenvalue weighted by molar-refractivity contribution is 0.0701. The van der Waals surface area contributed by atoms with Gasteiger partial charge in [-0.05, 0) is 38.5 Å². The monoisotopic (exact) mass is 449 g/mol. The smallest absolute Gasteiger partial charge is 0.329 e. The summed E-state index contributed by atoms with van der Waals surface area (Å²) in [6.45, 7) is 4.18. The molecule has 0 saturated carbocycles. The molecule has 2 amide bonds. The summed E-state index contributed by atoms with van der Waals surface area (Å²) in [6.07, 6.45) is 0.662. The Morgan fingerprint density at radius 1 is 1.42 bits per heavy atom. The standard InChI is InChI=1S/C20H21ClFN5O4/c1-20(2,29)17-8-18(31-26-17)27(9-15-12-5-6-30-10-16(12)25-24-15)19(28)23-11-3-4-14(22)13(21)7-11/h3-4,7-8,29H,5-6,9-10H2,1-2H3,(H,23,28)(H,24,25). The summed E-state index contributed by atoms with van der Waals surface area (Å²) in [6, 6.07) is 4.79. The molecule has 9 nitrogen and oxygen atoms in total. The number of nitrogens with zero attached hydrogens (tertiary/aromatic N) is 3. The van der Waals surface area contributed by atoms with Crippen molar-refractivity contribution in [1.82, 2.24) is 15.4 Å². The molecule has 4 rings (SSSR count). The van der Waals surface area contributed by atoms with Crippen molar-refractivity contribution in [2.24, 2.45) is 0 Å². The molecule has 164 valence electrons. The number of aromatic nitrogens is 3. The van der Waals surface area contributed by atoms with Gasteiger partial charge in [0.1, 0.15) is 17.1 Å². The average molecular weight is 450 g/mol. The van der Waals surface area contributed by atoms with Crippen molar-refractivity contribution in [2.45, 2.75) is 39.0 Å². The second-order valence-corrected chi connectivity index (χ2v) is 8.09. The number of aliphatic hydroxyl groups is 1. The second-order valence-electron chi connectivity index (χ2n) is 7.68. The van der Waals surface area contributed by atoms with Crippen molar-refractivity contribution < 1.29 is 23.6 Å². The SMILES string of the molecule is CC(C)(O)c1cc(N(Cc2n[nH]c3c2CCOC3)C(=O)Nc2ccc(F)c(Cl)c2)on1. The fourth-order valence-electron chi connectivity index (χ4n) is 3.18. The zero-order chi connectivity index (χ0) is 22.2. The Bertz CT molecular complexity index is 1110.